The molecule has 0 aromatic heterocycles. The number of benzene rings is 1. The minimum atomic E-state index is -0.918. The van der Waals surface area contributed by atoms with Crippen molar-refractivity contribution in [2.75, 3.05) is 7.11 Å². The predicted molar refractivity (Wildman–Crippen MR) is 58.9 cm³/mol. The molecule has 1 aromatic carbocycles. The van der Waals surface area contributed by atoms with E-state index in [1.807, 2.05) is 0 Å². The van der Waals surface area contributed by atoms with Crippen molar-refractivity contribution in [3.05, 3.63) is 35.4 Å². The van der Waals surface area contributed by atoms with Gasteiger partial charge in [0.05, 0.1) is 5.56 Å². The average Bonchev–Trinajstić information content (AvgIpc) is 2.78. The van der Waals surface area contributed by atoms with Gasteiger partial charge in [0.1, 0.15) is 17.2 Å². The van der Waals surface area contributed by atoms with Crippen molar-refractivity contribution >= 4 is 5.78 Å². The van der Waals surface area contributed by atoms with Crippen LogP contribution in [0.4, 0.5) is 8.78 Å². The third-order valence-electron chi connectivity index (χ3n) is 3.39. The molecule has 0 heterocycles. The predicted octanol–water partition coefficient (Wildman–Crippen LogP) is 3.11. The highest BCUT2D eigenvalue weighted by molar-refractivity contribution is 6.02. The molecule has 0 atom stereocenters. The van der Waals surface area contributed by atoms with E-state index in [0.717, 1.165) is 25.0 Å². The fraction of sp³-hybridized carbons (Fsp3) is 0.462. The van der Waals surface area contributed by atoms with Crippen LogP contribution in [-0.4, -0.2) is 18.5 Å². The van der Waals surface area contributed by atoms with Gasteiger partial charge in [0.25, 0.3) is 0 Å². The van der Waals surface area contributed by atoms with E-state index in [4.69, 9.17) is 4.74 Å². The van der Waals surface area contributed by atoms with E-state index >= 15 is 0 Å². The largest absolute Gasteiger partial charge is 0.370 e. The molecule has 0 bridgehead atoms. The lowest BCUT2D eigenvalue weighted by atomic mass is 9.91. The topological polar surface area (TPSA) is 26.3 Å². The van der Waals surface area contributed by atoms with Crippen molar-refractivity contribution in [3.63, 3.8) is 0 Å². The monoisotopic (exact) mass is 240 g/mol. The fourth-order valence-electron chi connectivity index (χ4n) is 2.39. The highest BCUT2D eigenvalue weighted by Crippen LogP contribution is 2.36. The zero-order valence-electron chi connectivity index (χ0n) is 9.63. The van der Waals surface area contributed by atoms with Gasteiger partial charge in [-0.05, 0) is 37.8 Å². The first-order valence-corrected chi connectivity index (χ1v) is 5.64. The van der Waals surface area contributed by atoms with Crippen LogP contribution in [-0.2, 0) is 4.74 Å². The lowest BCUT2D eigenvalue weighted by Crippen LogP contribution is -2.38. The summed E-state index contributed by atoms with van der Waals surface area (Å²) in [5.74, 6) is -1.88. The Morgan fingerprint density at radius 1 is 1.29 bits per heavy atom. The van der Waals surface area contributed by atoms with Gasteiger partial charge in [-0.1, -0.05) is 0 Å². The Kier molecular flexibility index (Phi) is 3.24. The summed E-state index contributed by atoms with van der Waals surface area (Å²) >= 11 is 0. The molecule has 17 heavy (non-hydrogen) atoms. The number of rotatable bonds is 3. The molecule has 0 spiro atoms. The van der Waals surface area contributed by atoms with Gasteiger partial charge in [0.2, 0.25) is 0 Å². The highest BCUT2D eigenvalue weighted by atomic mass is 19.1. The van der Waals surface area contributed by atoms with Gasteiger partial charge in [-0.15, -0.1) is 0 Å². The molecule has 1 saturated carbocycles. The van der Waals surface area contributed by atoms with Crippen LogP contribution >= 0.6 is 0 Å². The van der Waals surface area contributed by atoms with Gasteiger partial charge in [-0.3, -0.25) is 4.79 Å². The number of ketones is 1. The van der Waals surface area contributed by atoms with Gasteiger partial charge < -0.3 is 4.74 Å². The molecule has 0 amide bonds. The van der Waals surface area contributed by atoms with Crippen molar-refractivity contribution in [1.29, 1.82) is 0 Å². The Balaban J connectivity index is 2.36. The smallest absolute Gasteiger partial charge is 0.197 e. The second kappa shape index (κ2) is 4.53. The normalized spacial score (nSPS) is 18.3. The lowest BCUT2D eigenvalue weighted by Gasteiger charge is -2.25. The lowest BCUT2D eigenvalue weighted by molar-refractivity contribution is 0.00568. The van der Waals surface area contributed by atoms with E-state index < -0.39 is 17.2 Å². The molecule has 92 valence electrons. The van der Waals surface area contributed by atoms with Crippen molar-refractivity contribution in [2.24, 2.45) is 0 Å². The maximum Gasteiger partial charge on any atom is 0.197 e. The van der Waals surface area contributed by atoms with Crippen molar-refractivity contribution in [1.82, 2.24) is 0 Å². The Morgan fingerprint density at radius 3 is 2.47 bits per heavy atom. The molecule has 1 aromatic rings. The summed E-state index contributed by atoms with van der Waals surface area (Å²) in [6.07, 6.45) is 2.98. The number of halogens is 2. The summed E-state index contributed by atoms with van der Waals surface area (Å²) in [5, 5.41) is 0. The summed E-state index contributed by atoms with van der Waals surface area (Å²) in [4.78, 5) is 12.2. The van der Waals surface area contributed by atoms with Crippen LogP contribution in [0.15, 0.2) is 18.2 Å². The van der Waals surface area contributed by atoms with E-state index in [1.165, 1.54) is 13.2 Å². The summed E-state index contributed by atoms with van der Waals surface area (Å²) < 4.78 is 31.6. The van der Waals surface area contributed by atoms with Gasteiger partial charge in [-0.2, -0.15) is 0 Å². The molecule has 1 fully saturated rings. The SMILES string of the molecule is COC1(C(=O)c2ccc(F)cc2F)CCCC1. The van der Waals surface area contributed by atoms with Crippen LogP contribution < -0.4 is 0 Å². The van der Waals surface area contributed by atoms with Crippen LogP contribution in [0, 0.1) is 11.6 Å². The molecular weight excluding hydrogens is 226 g/mol. The van der Waals surface area contributed by atoms with Crippen LogP contribution in [0.5, 0.6) is 0 Å². The zero-order chi connectivity index (χ0) is 12.5. The van der Waals surface area contributed by atoms with E-state index in [2.05, 4.69) is 0 Å². The third kappa shape index (κ3) is 2.09. The Labute approximate surface area is 98.6 Å². The molecule has 0 N–H and O–H groups in total. The van der Waals surface area contributed by atoms with Crippen molar-refractivity contribution < 1.29 is 18.3 Å². The third-order valence-corrected chi connectivity index (χ3v) is 3.39. The number of carbonyl (C=O) groups excluding carboxylic acids is 1. The number of Topliss-reactive ketones (excluding diaryl/α,β-unsaturated/α-hetero) is 1. The molecule has 0 radical (unpaired) electrons. The standard InChI is InChI=1S/C13H14F2O2/c1-17-13(6-2-3-7-13)12(16)10-5-4-9(14)8-11(10)15/h4-5,8H,2-3,6-7H2,1H3. The maximum atomic E-state index is 13.5. The molecule has 4 heteroatoms. The molecule has 1 aliphatic rings. The van der Waals surface area contributed by atoms with Crippen molar-refractivity contribution in [3.8, 4) is 0 Å². The van der Waals surface area contributed by atoms with E-state index in [1.54, 1.807) is 0 Å². The van der Waals surface area contributed by atoms with Crippen LogP contribution in [0.25, 0.3) is 0 Å². The van der Waals surface area contributed by atoms with Crippen LogP contribution in [0.3, 0.4) is 0 Å². The fourth-order valence-corrected chi connectivity index (χ4v) is 2.39. The van der Waals surface area contributed by atoms with Gasteiger partial charge in [0.15, 0.2) is 5.78 Å². The number of carbonyl (C=O) groups is 1. The summed E-state index contributed by atoms with van der Waals surface area (Å²) in [6.45, 7) is 0. The number of ether oxygens (including phenoxy) is 1. The Bertz CT molecular complexity index is 437. The van der Waals surface area contributed by atoms with E-state index in [-0.39, 0.29) is 11.3 Å². The summed E-state index contributed by atoms with van der Waals surface area (Å²) in [7, 11) is 1.46. The number of hydrogen-bond acceptors (Lipinski definition) is 2. The highest BCUT2D eigenvalue weighted by Gasteiger charge is 2.42. The first-order valence-electron chi connectivity index (χ1n) is 5.64. The van der Waals surface area contributed by atoms with E-state index in [0.29, 0.717) is 12.8 Å². The Morgan fingerprint density at radius 2 is 1.94 bits per heavy atom. The average molecular weight is 240 g/mol. The second-order valence-corrected chi connectivity index (χ2v) is 4.36. The maximum absolute atomic E-state index is 13.5. The minimum Gasteiger partial charge on any atom is -0.370 e. The van der Waals surface area contributed by atoms with Gasteiger partial charge in [-0.25, -0.2) is 8.78 Å². The quantitative estimate of drug-likeness (QED) is 0.759. The molecule has 0 aliphatic heterocycles. The first-order chi connectivity index (χ1) is 8.09. The summed E-state index contributed by atoms with van der Waals surface area (Å²) in [6, 6.07) is 3.01. The van der Waals surface area contributed by atoms with Crippen LogP contribution in [0.2, 0.25) is 0 Å². The number of hydrogen-bond donors (Lipinski definition) is 0. The molecule has 0 unspecified atom stereocenters. The first kappa shape index (κ1) is 12.2. The second-order valence-electron chi connectivity index (χ2n) is 4.36. The van der Waals surface area contributed by atoms with Gasteiger partial charge >= 0.3 is 0 Å². The number of methoxy groups -OCH3 is 1. The molecule has 0 saturated heterocycles. The van der Waals surface area contributed by atoms with Gasteiger partial charge in [0, 0.05) is 13.2 Å². The Hall–Kier alpha value is -1.29. The zero-order valence-corrected chi connectivity index (χ0v) is 9.63. The van der Waals surface area contributed by atoms with E-state index in [9.17, 15) is 13.6 Å². The summed E-state index contributed by atoms with van der Waals surface area (Å²) in [5.41, 5.74) is -1.01. The molecule has 2 rings (SSSR count). The van der Waals surface area contributed by atoms with Crippen molar-refractivity contribution in [2.45, 2.75) is 31.3 Å². The molecular formula is C13H14F2O2. The van der Waals surface area contributed by atoms with Crippen LogP contribution in [0.1, 0.15) is 36.0 Å². The molecule has 2 nitrogen and oxygen atoms in total. The minimum absolute atomic E-state index is 0.0878. The molecule has 1 aliphatic carbocycles.